The lowest BCUT2D eigenvalue weighted by Gasteiger charge is -2.29. The molecule has 0 aliphatic carbocycles. The topological polar surface area (TPSA) is 70.7 Å². The number of rotatable bonds is 7. The van der Waals surface area contributed by atoms with E-state index >= 15 is 0 Å². The van der Waals surface area contributed by atoms with E-state index in [-0.39, 0.29) is 18.5 Å². The van der Waals surface area contributed by atoms with Gasteiger partial charge in [0.15, 0.2) is 6.61 Å². The predicted octanol–water partition coefficient (Wildman–Crippen LogP) is 3.98. The number of fused-ring (bicyclic) bond motifs is 1. The second-order valence-electron chi connectivity index (χ2n) is 7.05. The molecule has 3 amide bonds. The van der Waals surface area contributed by atoms with Crippen molar-refractivity contribution in [2.24, 2.45) is 0 Å². The molecule has 1 heterocycles. The van der Waals surface area contributed by atoms with Crippen LogP contribution >= 0.6 is 0 Å². The van der Waals surface area contributed by atoms with Crippen LogP contribution in [0.1, 0.15) is 11.1 Å². The van der Waals surface area contributed by atoms with Crippen LogP contribution in [0, 0.1) is 0 Å². The van der Waals surface area contributed by atoms with Gasteiger partial charge in [0.25, 0.3) is 5.91 Å². The highest BCUT2D eigenvalue weighted by molar-refractivity contribution is 6.04. The zero-order valence-electron chi connectivity index (χ0n) is 16.5. The van der Waals surface area contributed by atoms with Gasteiger partial charge in [0.1, 0.15) is 5.75 Å². The van der Waals surface area contributed by atoms with E-state index in [1.807, 2.05) is 66.7 Å². The summed E-state index contributed by atoms with van der Waals surface area (Å²) in [6.45, 7) is 0.957. The lowest BCUT2D eigenvalue weighted by molar-refractivity contribution is -0.123. The van der Waals surface area contributed by atoms with Crippen molar-refractivity contribution < 1.29 is 14.3 Å². The first-order valence-corrected chi connectivity index (χ1v) is 9.89. The molecular weight excluding hydrogens is 378 g/mol. The molecule has 0 atom stereocenters. The van der Waals surface area contributed by atoms with E-state index in [1.54, 1.807) is 17.0 Å². The average Bonchev–Trinajstić information content (AvgIpc) is 2.78. The number of ether oxygens (including phenoxy) is 1. The molecule has 3 aromatic rings. The number of nitrogens with zero attached hydrogens (tertiary/aromatic N) is 1. The minimum Gasteiger partial charge on any atom is -0.484 e. The van der Waals surface area contributed by atoms with E-state index in [9.17, 15) is 9.59 Å². The van der Waals surface area contributed by atoms with Gasteiger partial charge in [0, 0.05) is 24.0 Å². The highest BCUT2D eigenvalue weighted by atomic mass is 16.5. The van der Waals surface area contributed by atoms with Crippen LogP contribution in [-0.2, 0) is 17.8 Å². The zero-order chi connectivity index (χ0) is 20.8. The first-order chi connectivity index (χ1) is 14.7. The molecule has 30 heavy (non-hydrogen) atoms. The van der Waals surface area contributed by atoms with Crippen LogP contribution in [0.2, 0.25) is 0 Å². The van der Waals surface area contributed by atoms with Crippen LogP contribution in [0.4, 0.5) is 16.2 Å². The quantitative estimate of drug-likeness (QED) is 0.629. The van der Waals surface area contributed by atoms with Crippen molar-refractivity contribution in [2.75, 3.05) is 23.4 Å². The summed E-state index contributed by atoms with van der Waals surface area (Å²) in [5.74, 6) is 0.360. The molecule has 4 rings (SSSR count). The number of hydrogen-bond acceptors (Lipinski definition) is 3. The van der Waals surface area contributed by atoms with E-state index in [2.05, 4.69) is 10.6 Å². The summed E-state index contributed by atoms with van der Waals surface area (Å²) in [4.78, 5) is 26.2. The molecule has 1 aliphatic heterocycles. The number of carbonyl (C=O) groups is 2. The molecule has 0 saturated carbocycles. The molecule has 0 aromatic heterocycles. The molecule has 152 valence electrons. The van der Waals surface area contributed by atoms with Crippen LogP contribution in [0.3, 0.4) is 0 Å². The summed E-state index contributed by atoms with van der Waals surface area (Å²) in [7, 11) is 0. The maximum atomic E-state index is 12.5. The van der Waals surface area contributed by atoms with Gasteiger partial charge in [0.2, 0.25) is 0 Å². The Morgan fingerprint density at radius 1 is 1.00 bits per heavy atom. The fourth-order valence-electron chi connectivity index (χ4n) is 3.35. The normalized spacial score (nSPS) is 12.7. The van der Waals surface area contributed by atoms with Crippen molar-refractivity contribution >= 4 is 23.3 Å². The van der Waals surface area contributed by atoms with Gasteiger partial charge in [-0.15, -0.1) is 0 Å². The molecule has 0 radical (unpaired) electrons. The number of benzene rings is 3. The van der Waals surface area contributed by atoms with Gasteiger partial charge >= 0.3 is 6.03 Å². The van der Waals surface area contributed by atoms with Gasteiger partial charge in [-0.3, -0.25) is 9.69 Å². The molecule has 0 unspecified atom stereocenters. The molecular formula is C24H23N3O3. The van der Waals surface area contributed by atoms with E-state index in [0.29, 0.717) is 24.5 Å². The number of hydrogen-bond donors (Lipinski definition) is 2. The number of urea groups is 1. The van der Waals surface area contributed by atoms with Gasteiger partial charge in [-0.25, -0.2) is 4.79 Å². The molecule has 0 bridgehead atoms. The summed E-state index contributed by atoms with van der Waals surface area (Å²) in [6.07, 6.45) is 0.771. The SMILES string of the molecule is O=C(COc1cccc(N2Cc3ccccc3NC2=O)c1)NCCc1ccccc1. The number of anilines is 2. The van der Waals surface area contributed by atoms with E-state index < -0.39 is 0 Å². The lowest BCUT2D eigenvalue weighted by Crippen LogP contribution is -2.38. The molecule has 6 nitrogen and oxygen atoms in total. The third-order valence-electron chi connectivity index (χ3n) is 4.91. The second kappa shape index (κ2) is 9.13. The smallest absolute Gasteiger partial charge is 0.326 e. The van der Waals surface area contributed by atoms with E-state index in [0.717, 1.165) is 17.7 Å². The second-order valence-corrected chi connectivity index (χ2v) is 7.05. The fourth-order valence-corrected chi connectivity index (χ4v) is 3.35. The van der Waals surface area contributed by atoms with Gasteiger partial charge in [0.05, 0.1) is 6.54 Å². The minimum absolute atomic E-state index is 0.0761. The van der Waals surface area contributed by atoms with Crippen molar-refractivity contribution in [1.82, 2.24) is 5.32 Å². The Hall–Kier alpha value is -3.80. The van der Waals surface area contributed by atoms with Crippen molar-refractivity contribution in [2.45, 2.75) is 13.0 Å². The van der Waals surface area contributed by atoms with Crippen molar-refractivity contribution in [1.29, 1.82) is 0 Å². The molecule has 0 saturated heterocycles. The molecule has 6 heteroatoms. The summed E-state index contributed by atoms with van der Waals surface area (Å²) >= 11 is 0. The maximum Gasteiger partial charge on any atom is 0.326 e. The largest absolute Gasteiger partial charge is 0.484 e. The molecule has 2 N–H and O–H groups in total. The zero-order valence-corrected chi connectivity index (χ0v) is 16.5. The highest BCUT2D eigenvalue weighted by Crippen LogP contribution is 2.29. The Labute approximate surface area is 175 Å². The lowest BCUT2D eigenvalue weighted by atomic mass is 10.1. The minimum atomic E-state index is -0.190. The summed E-state index contributed by atoms with van der Waals surface area (Å²) < 4.78 is 5.64. The molecule has 3 aromatic carbocycles. The standard InChI is InChI=1S/C24H23N3O3/c28-23(25-14-13-18-7-2-1-3-8-18)17-30-21-11-6-10-20(15-21)27-16-19-9-4-5-12-22(19)26-24(27)29/h1-12,15H,13-14,16-17H2,(H,25,28)(H,26,29). The Bertz CT molecular complexity index is 1040. The summed E-state index contributed by atoms with van der Waals surface area (Å²) in [5.41, 5.74) is 3.76. The number of para-hydroxylation sites is 1. The molecule has 0 fully saturated rings. The average molecular weight is 401 g/mol. The van der Waals surface area contributed by atoms with E-state index in [4.69, 9.17) is 4.74 Å². The van der Waals surface area contributed by atoms with Crippen LogP contribution in [0.5, 0.6) is 5.75 Å². The first-order valence-electron chi connectivity index (χ1n) is 9.89. The highest BCUT2D eigenvalue weighted by Gasteiger charge is 2.23. The van der Waals surface area contributed by atoms with Crippen molar-refractivity contribution in [3.8, 4) is 5.75 Å². The van der Waals surface area contributed by atoms with Gasteiger partial charge in [-0.1, -0.05) is 54.6 Å². The van der Waals surface area contributed by atoms with Crippen LogP contribution in [-0.4, -0.2) is 25.1 Å². The van der Waals surface area contributed by atoms with Crippen LogP contribution in [0.15, 0.2) is 78.9 Å². The Kier molecular flexibility index (Phi) is 5.94. The Morgan fingerprint density at radius 2 is 1.80 bits per heavy atom. The first kappa shape index (κ1) is 19.5. The van der Waals surface area contributed by atoms with Gasteiger partial charge < -0.3 is 15.4 Å². The van der Waals surface area contributed by atoms with Gasteiger partial charge in [-0.2, -0.15) is 0 Å². The molecule has 0 spiro atoms. The number of carbonyl (C=O) groups excluding carboxylic acids is 2. The van der Waals surface area contributed by atoms with Gasteiger partial charge in [-0.05, 0) is 35.7 Å². The van der Waals surface area contributed by atoms with E-state index in [1.165, 1.54) is 5.56 Å². The number of nitrogens with one attached hydrogen (secondary N) is 2. The monoisotopic (exact) mass is 401 g/mol. The van der Waals surface area contributed by atoms with Crippen molar-refractivity contribution in [3.05, 3.63) is 90.0 Å². The maximum absolute atomic E-state index is 12.5. The summed E-state index contributed by atoms with van der Waals surface area (Å²) in [6, 6.07) is 24.7. The third-order valence-corrected chi connectivity index (χ3v) is 4.91. The number of amides is 3. The molecule has 1 aliphatic rings. The Morgan fingerprint density at radius 3 is 2.67 bits per heavy atom. The van der Waals surface area contributed by atoms with Crippen LogP contribution in [0.25, 0.3) is 0 Å². The van der Waals surface area contributed by atoms with Crippen molar-refractivity contribution in [3.63, 3.8) is 0 Å². The fraction of sp³-hybridized carbons (Fsp3) is 0.167. The predicted molar refractivity (Wildman–Crippen MR) is 117 cm³/mol. The Balaban J connectivity index is 1.31. The summed E-state index contributed by atoms with van der Waals surface area (Å²) in [5, 5.41) is 5.76. The van der Waals surface area contributed by atoms with Crippen LogP contribution < -0.4 is 20.3 Å². The third kappa shape index (κ3) is 4.78.